The van der Waals surface area contributed by atoms with E-state index in [0.29, 0.717) is 22.1 Å². The van der Waals surface area contributed by atoms with Gasteiger partial charge in [0.05, 0.1) is 4.90 Å². The lowest BCUT2D eigenvalue weighted by atomic mass is 9.53. The molecule has 0 bridgehead atoms. The summed E-state index contributed by atoms with van der Waals surface area (Å²) in [5.41, 5.74) is 13.3. The van der Waals surface area contributed by atoms with Crippen molar-refractivity contribution in [2.45, 2.75) is 116 Å². The van der Waals surface area contributed by atoms with Gasteiger partial charge in [0, 0.05) is 35.2 Å². The number of fused-ring (bicyclic) bond motifs is 1. The lowest BCUT2D eigenvalue weighted by molar-refractivity contribution is 0.0365. The number of aryl methyl sites for hydroxylation is 4. The normalized spacial score (nSPS) is 17.9. The fraction of sp³-hybridized carbons (Fsp3) is 0.375. The van der Waals surface area contributed by atoms with Crippen LogP contribution in [0.1, 0.15) is 134 Å². The number of hydrogen-bond donors (Lipinski definition) is 0. The molecule has 0 atom stereocenters. The fourth-order valence-corrected chi connectivity index (χ4v) is 11.6. The van der Waals surface area contributed by atoms with Gasteiger partial charge >= 0.3 is 0 Å². The molecule has 3 aliphatic carbocycles. The number of ketones is 1. The number of sulfone groups is 1. The van der Waals surface area contributed by atoms with E-state index in [1.54, 1.807) is 24.3 Å². The van der Waals surface area contributed by atoms with Crippen LogP contribution in [0.5, 0.6) is 0 Å². The first kappa shape index (κ1) is 44.7. The fourth-order valence-electron chi connectivity index (χ4n) is 10.7. The van der Waals surface area contributed by atoms with Crippen LogP contribution >= 0.6 is 0 Å². The zero-order valence-electron chi connectivity index (χ0n) is 36.3. The van der Waals surface area contributed by atoms with Gasteiger partial charge in [-0.3, -0.25) is 4.79 Å². The highest BCUT2D eigenvalue weighted by molar-refractivity contribution is 7.90. The van der Waals surface area contributed by atoms with E-state index in [9.17, 15) is 13.2 Å². The third-order valence-corrected chi connectivity index (χ3v) is 15.8. The molecule has 2 fully saturated rings. The predicted molar refractivity (Wildman–Crippen MR) is 255 cm³/mol. The molecule has 0 unspecified atom stereocenters. The van der Waals surface area contributed by atoms with Gasteiger partial charge in [-0.15, -0.1) is 0 Å². The molecule has 0 radical (unpaired) electrons. The second-order valence-electron chi connectivity index (χ2n) is 18.7. The van der Waals surface area contributed by atoms with E-state index in [2.05, 4.69) is 145 Å². The molecule has 316 valence electrons. The summed E-state index contributed by atoms with van der Waals surface area (Å²) in [6.07, 6.45) is 14.5. The molecule has 4 heteroatoms. The van der Waals surface area contributed by atoms with E-state index in [-0.39, 0.29) is 30.4 Å². The Morgan fingerprint density at radius 1 is 0.567 bits per heavy atom. The van der Waals surface area contributed by atoms with E-state index >= 15 is 0 Å². The number of carbonyl (C=O) groups is 1. The van der Waals surface area contributed by atoms with Crippen molar-refractivity contribution in [3.8, 4) is 0 Å². The third-order valence-electron chi connectivity index (χ3n) is 14.7. The van der Waals surface area contributed by atoms with Crippen molar-refractivity contribution in [1.29, 1.82) is 0 Å². The molecule has 0 heterocycles. The number of carbonyl (C=O) groups excluding carboxylic acids is 1. The topological polar surface area (TPSA) is 51.2 Å². The standard InChI is InChI=1S/C43H52.C12H10O3S.CH4.H2/c1-31-7-15-37(16-8-31)42(38-17-9-32(2)10-18-38)27-23-35(24-28-42)41(5,6)36-25-29-43(30-26-36,39-19-11-33(3)12-20-39)40-21-13-34(4)14-22-40;1-8-6-7-9-10(12(8)13)4-3-5-11(9)16(2,14)15;;/h7-22,35-36H,23-30H2,1-6H3;3-7H,1H2,2H3;1H4;1H. The molecular formula is C56H68O3S. The number of hydrogen-bond acceptors (Lipinski definition) is 3. The number of rotatable bonds is 7. The van der Waals surface area contributed by atoms with Crippen molar-refractivity contribution in [3.05, 3.63) is 189 Å². The summed E-state index contributed by atoms with van der Waals surface area (Å²) in [6, 6.07) is 42.5. The molecule has 0 aliphatic heterocycles. The van der Waals surface area contributed by atoms with Crippen LogP contribution in [0.4, 0.5) is 0 Å². The second kappa shape index (κ2) is 17.7. The maximum Gasteiger partial charge on any atom is 0.193 e. The minimum atomic E-state index is -3.32. The molecule has 3 nitrogen and oxygen atoms in total. The summed E-state index contributed by atoms with van der Waals surface area (Å²) < 4.78 is 23.1. The van der Waals surface area contributed by atoms with Gasteiger partial charge in [-0.05, 0) is 125 Å². The Kier molecular flexibility index (Phi) is 13.2. The molecule has 5 aromatic rings. The minimum absolute atomic E-state index is 0. The highest BCUT2D eigenvalue weighted by Gasteiger charge is 2.48. The van der Waals surface area contributed by atoms with Gasteiger partial charge in [0.2, 0.25) is 0 Å². The number of Topliss-reactive ketones (excluding diaryl/α,β-unsaturated/α-hetero) is 1. The van der Waals surface area contributed by atoms with Gasteiger partial charge in [0.25, 0.3) is 0 Å². The molecule has 0 aromatic heterocycles. The van der Waals surface area contributed by atoms with Crippen LogP contribution in [-0.2, 0) is 20.7 Å². The molecule has 5 aromatic carbocycles. The van der Waals surface area contributed by atoms with Gasteiger partial charge in [0.1, 0.15) is 0 Å². The van der Waals surface area contributed by atoms with Crippen molar-refractivity contribution in [2.75, 3.05) is 6.26 Å². The third kappa shape index (κ3) is 8.82. The number of allylic oxidation sites excluding steroid dienone is 2. The van der Waals surface area contributed by atoms with E-state index in [4.69, 9.17) is 0 Å². The molecule has 8 rings (SSSR count). The predicted octanol–water partition coefficient (Wildman–Crippen LogP) is 14.3. The average molecular weight is 821 g/mol. The maximum atomic E-state index is 11.8. The SMILES string of the molecule is C.C=C1C=Cc2c(cccc2S(C)(=O)=O)C1=O.Cc1ccc(C2(c3ccc(C)cc3)CCC(C(C)(C)C3CCC(c4ccc(C)cc4)(c4ccc(C)cc4)CC3)CC2)cc1.[HH]. The van der Waals surface area contributed by atoms with Gasteiger partial charge in [-0.1, -0.05) is 171 Å². The summed E-state index contributed by atoms with van der Waals surface area (Å²) in [7, 11) is -3.32. The first-order valence-corrected chi connectivity index (χ1v) is 23.5. The van der Waals surface area contributed by atoms with Gasteiger partial charge in [-0.2, -0.15) is 0 Å². The Balaban J connectivity index is 0.000000330. The monoisotopic (exact) mass is 820 g/mol. The highest BCUT2D eigenvalue weighted by atomic mass is 32.2. The molecule has 0 N–H and O–H groups in total. The van der Waals surface area contributed by atoms with Gasteiger partial charge in [0.15, 0.2) is 15.6 Å². The molecule has 0 amide bonds. The van der Waals surface area contributed by atoms with Crippen LogP contribution in [0.3, 0.4) is 0 Å². The largest absolute Gasteiger partial charge is 0.289 e. The van der Waals surface area contributed by atoms with E-state index in [1.807, 2.05) is 0 Å². The van der Waals surface area contributed by atoms with E-state index in [0.717, 1.165) is 18.1 Å². The quantitative estimate of drug-likeness (QED) is 0.154. The zero-order valence-corrected chi connectivity index (χ0v) is 37.1. The Morgan fingerprint density at radius 2 is 0.900 bits per heavy atom. The van der Waals surface area contributed by atoms with Crippen LogP contribution in [0.25, 0.3) is 6.08 Å². The van der Waals surface area contributed by atoms with Crippen LogP contribution in [0.15, 0.2) is 138 Å². The second-order valence-corrected chi connectivity index (χ2v) is 20.7. The molecule has 3 aliphatic rings. The summed E-state index contributed by atoms with van der Waals surface area (Å²) in [6.45, 7) is 17.7. The lowest BCUT2D eigenvalue weighted by Crippen LogP contribution is -2.43. The highest BCUT2D eigenvalue weighted by Crippen LogP contribution is 2.57. The molecule has 0 spiro atoms. The van der Waals surface area contributed by atoms with Crippen LogP contribution in [0, 0.1) is 44.9 Å². The van der Waals surface area contributed by atoms with E-state index < -0.39 is 9.84 Å². The van der Waals surface area contributed by atoms with Crippen LogP contribution in [-0.4, -0.2) is 20.5 Å². The van der Waals surface area contributed by atoms with E-state index in [1.165, 1.54) is 102 Å². The molecule has 2 saturated carbocycles. The zero-order chi connectivity index (χ0) is 42.2. The minimum Gasteiger partial charge on any atom is -0.289 e. The maximum absolute atomic E-state index is 11.8. The Hall–Kier alpha value is -4.80. The lowest BCUT2D eigenvalue weighted by Gasteiger charge is -2.51. The molecule has 0 saturated heterocycles. The first-order chi connectivity index (χ1) is 28.0. The van der Waals surface area contributed by atoms with Gasteiger partial charge < -0.3 is 0 Å². The Bertz CT molecular complexity index is 2230. The molecule has 60 heavy (non-hydrogen) atoms. The Morgan fingerprint density at radius 3 is 1.22 bits per heavy atom. The van der Waals surface area contributed by atoms with Crippen LogP contribution < -0.4 is 0 Å². The number of benzene rings is 5. The van der Waals surface area contributed by atoms with Crippen molar-refractivity contribution in [2.24, 2.45) is 17.3 Å². The smallest absolute Gasteiger partial charge is 0.193 e. The van der Waals surface area contributed by atoms with Crippen molar-refractivity contribution in [1.82, 2.24) is 0 Å². The van der Waals surface area contributed by atoms with Crippen molar-refractivity contribution < 1.29 is 14.6 Å². The van der Waals surface area contributed by atoms with Gasteiger partial charge in [-0.25, -0.2) is 8.42 Å². The van der Waals surface area contributed by atoms with Crippen LogP contribution in [0.2, 0.25) is 0 Å². The summed E-state index contributed by atoms with van der Waals surface area (Å²) in [5.74, 6) is 1.32. The van der Waals surface area contributed by atoms with Crippen molar-refractivity contribution in [3.63, 3.8) is 0 Å². The average Bonchev–Trinajstić information content (AvgIpc) is 3.23. The van der Waals surface area contributed by atoms with Crippen molar-refractivity contribution >= 4 is 21.7 Å². The molecular weight excluding hydrogens is 753 g/mol. The summed E-state index contributed by atoms with van der Waals surface area (Å²) in [5, 5.41) is 0. The Labute approximate surface area is 363 Å². The summed E-state index contributed by atoms with van der Waals surface area (Å²) in [4.78, 5) is 11.9. The summed E-state index contributed by atoms with van der Waals surface area (Å²) >= 11 is 0. The first-order valence-electron chi connectivity index (χ1n) is 21.6.